The molecule has 0 heterocycles. The molecule has 8 nitrogen and oxygen atoms in total. The molecule has 16 heteroatoms. The minimum absolute atomic E-state index is 0.0141. The van der Waals surface area contributed by atoms with Crippen LogP contribution >= 0.6 is 82.3 Å². The summed E-state index contributed by atoms with van der Waals surface area (Å²) in [6, 6.07) is 0. The molecular weight excluding hydrogens is 589 g/mol. The number of hydrogen-bond acceptors (Lipinski definition) is 15. The summed E-state index contributed by atoms with van der Waals surface area (Å²) in [6.07, 6.45) is 0. The van der Waals surface area contributed by atoms with Crippen LogP contribution in [0.25, 0.3) is 0 Å². The van der Waals surface area contributed by atoms with Crippen LogP contribution in [0.4, 0.5) is 0 Å². The van der Waals surface area contributed by atoms with Gasteiger partial charge in [-0.2, -0.15) is 11.8 Å². The van der Waals surface area contributed by atoms with E-state index in [9.17, 15) is 18.6 Å². The summed E-state index contributed by atoms with van der Waals surface area (Å²) in [6.45, 7) is -0.304. The molecule has 0 aromatic heterocycles. The van der Waals surface area contributed by atoms with Crippen molar-refractivity contribution in [3.8, 4) is 0 Å². The highest BCUT2D eigenvalue weighted by Crippen LogP contribution is 2.21. The van der Waals surface area contributed by atoms with Crippen molar-refractivity contribution in [3.05, 3.63) is 0 Å². The van der Waals surface area contributed by atoms with Gasteiger partial charge in [0.1, 0.15) is 13.2 Å². The van der Waals surface area contributed by atoms with Crippen molar-refractivity contribution in [2.45, 2.75) is 0 Å². The fraction of sp³-hybridized carbons (Fsp3) is 0.824. The number of aliphatic hydroxyl groups excluding tert-OH is 2. The topological polar surface area (TPSA) is 127 Å². The average molecular weight is 619 g/mol. The van der Waals surface area contributed by atoms with Crippen LogP contribution in [0.5, 0.6) is 0 Å². The van der Waals surface area contributed by atoms with Gasteiger partial charge in [-0.1, -0.05) is 11.8 Å². The molecule has 0 amide bonds. The molecule has 0 aliphatic heterocycles. The van der Waals surface area contributed by atoms with E-state index in [4.69, 9.17) is 19.7 Å². The van der Waals surface area contributed by atoms with Gasteiger partial charge >= 0.3 is 11.9 Å². The molecule has 0 rings (SSSR count). The predicted octanol–water partition coefficient (Wildman–Crippen LogP) is 2.25. The molecule has 0 aliphatic carbocycles. The summed E-state index contributed by atoms with van der Waals surface area (Å²) < 4.78 is 21.5. The first kappa shape index (κ1) is 34.1. The van der Waals surface area contributed by atoms with Crippen LogP contribution in [-0.2, 0) is 34.7 Å². The summed E-state index contributed by atoms with van der Waals surface area (Å²) in [4.78, 5) is 34.3. The number of rotatable bonds is 23. The smallest absolute Gasteiger partial charge is 0.316 e. The van der Waals surface area contributed by atoms with Gasteiger partial charge in [0.15, 0.2) is 5.12 Å². The summed E-state index contributed by atoms with van der Waals surface area (Å²) >= 11 is 10.4. The van der Waals surface area contributed by atoms with Gasteiger partial charge in [-0.25, -0.2) is 0 Å². The maximum atomic E-state index is 12.0. The monoisotopic (exact) mass is 618 g/mol. The Labute approximate surface area is 227 Å². The Balaban J connectivity index is 3.41. The quantitative estimate of drug-likeness (QED) is 0.0986. The van der Waals surface area contributed by atoms with E-state index in [-0.39, 0.29) is 55.0 Å². The maximum Gasteiger partial charge on any atom is 0.316 e. The van der Waals surface area contributed by atoms with Gasteiger partial charge in [0.2, 0.25) is 0 Å². The van der Waals surface area contributed by atoms with Crippen LogP contribution in [0.3, 0.4) is 0 Å². The highest BCUT2D eigenvalue weighted by Gasteiger charge is 2.07. The Hall–Kier alpha value is 1.13. The zero-order valence-electron chi connectivity index (χ0n) is 18.0. The first-order valence-electron chi connectivity index (χ1n) is 9.49. The Morgan fingerprint density at radius 2 is 1.24 bits per heavy atom. The largest absolute Gasteiger partial charge is 0.463 e. The summed E-state index contributed by atoms with van der Waals surface area (Å²) in [5, 5.41) is 20.6. The molecule has 0 aromatic carbocycles. The Morgan fingerprint density at radius 3 is 1.85 bits per heavy atom. The van der Waals surface area contributed by atoms with E-state index in [0.717, 1.165) is 15.9 Å². The van der Waals surface area contributed by atoms with E-state index >= 15 is 0 Å². The number of hydrogen-bond donors (Lipinski definition) is 2. The van der Waals surface area contributed by atoms with Gasteiger partial charge in [-0.15, -0.1) is 58.8 Å². The second kappa shape index (κ2) is 26.2. The third-order valence-corrected chi connectivity index (χ3v) is 13.1. The van der Waals surface area contributed by atoms with Crippen LogP contribution in [0.1, 0.15) is 0 Å². The minimum atomic E-state index is -0.889. The highest BCUT2D eigenvalue weighted by atomic mass is 32.3. The fourth-order valence-corrected chi connectivity index (χ4v) is 10.7. The number of thioether (sulfide) groups is 7. The normalized spacial score (nSPS) is 11.8. The standard InChI is InChI=1S/C17H30O8S8/c18-1-3-24-15(20)7-27-10-26-5-6-33(23)14-31-12-30-13-32-17(22)9-29-11-28-8-16(21)25-4-2-19/h18-19H,1-14H2. The van der Waals surface area contributed by atoms with Crippen LogP contribution in [0, 0.1) is 0 Å². The van der Waals surface area contributed by atoms with Crippen LogP contribution in [0.2, 0.25) is 0 Å². The number of carbonyl (C=O) groups excluding carboxylic acids is 3. The number of esters is 2. The maximum absolute atomic E-state index is 12.0. The third-order valence-electron chi connectivity index (χ3n) is 2.84. The van der Waals surface area contributed by atoms with Crippen molar-refractivity contribution >= 4 is 110 Å². The van der Waals surface area contributed by atoms with Crippen molar-refractivity contribution < 1.29 is 38.3 Å². The molecule has 194 valence electrons. The second-order valence-corrected chi connectivity index (χ2v) is 16.0. The third kappa shape index (κ3) is 26.0. The predicted molar refractivity (Wildman–Crippen MR) is 151 cm³/mol. The van der Waals surface area contributed by atoms with E-state index in [0.29, 0.717) is 26.8 Å². The Bertz CT molecular complexity index is 555. The lowest BCUT2D eigenvalue weighted by molar-refractivity contribution is -0.142. The van der Waals surface area contributed by atoms with E-state index in [1.54, 1.807) is 35.3 Å². The fourth-order valence-electron chi connectivity index (χ4n) is 1.53. The lowest BCUT2D eigenvalue weighted by Gasteiger charge is -2.04. The van der Waals surface area contributed by atoms with E-state index in [2.05, 4.69) is 0 Å². The lowest BCUT2D eigenvalue weighted by Crippen LogP contribution is -2.10. The summed E-state index contributed by atoms with van der Waals surface area (Å²) in [5.41, 5.74) is 0. The van der Waals surface area contributed by atoms with Gasteiger partial charge in [-0.05, 0) is 0 Å². The number of aliphatic hydroxyl groups is 2. The van der Waals surface area contributed by atoms with Crippen LogP contribution < -0.4 is 0 Å². The van der Waals surface area contributed by atoms with Crippen LogP contribution in [0.15, 0.2) is 0 Å². The van der Waals surface area contributed by atoms with E-state index in [1.165, 1.54) is 47.0 Å². The van der Waals surface area contributed by atoms with Crippen molar-refractivity contribution in [1.29, 1.82) is 0 Å². The Morgan fingerprint density at radius 1 is 0.697 bits per heavy atom. The van der Waals surface area contributed by atoms with E-state index in [1.807, 2.05) is 0 Å². The molecule has 0 saturated carbocycles. The van der Waals surface area contributed by atoms with E-state index < -0.39 is 10.8 Å². The zero-order valence-corrected chi connectivity index (χ0v) is 24.5. The average Bonchev–Trinajstić information content (AvgIpc) is 2.80. The molecule has 0 aromatic rings. The second-order valence-electron chi connectivity index (χ2n) is 5.50. The summed E-state index contributed by atoms with van der Waals surface area (Å²) in [7, 11) is -0.889. The van der Waals surface area contributed by atoms with Gasteiger partial charge in [0, 0.05) is 42.6 Å². The molecule has 0 aliphatic rings. The first-order chi connectivity index (χ1) is 16.0. The van der Waals surface area contributed by atoms with Crippen molar-refractivity contribution in [2.75, 3.05) is 80.6 Å². The molecule has 33 heavy (non-hydrogen) atoms. The first-order valence-corrected chi connectivity index (χ1v) is 18.9. The minimum Gasteiger partial charge on any atom is -0.463 e. The van der Waals surface area contributed by atoms with Crippen molar-refractivity contribution in [1.82, 2.24) is 0 Å². The van der Waals surface area contributed by atoms with Crippen molar-refractivity contribution in [2.24, 2.45) is 0 Å². The highest BCUT2D eigenvalue weighted by molar-refractivity contribution is 8.29. The molecule has 1 unspecified atom stereocenters. The molecule has 0 bridgehead atoms. The Kier molecular flexibility index (Phi) is 27.1. The van der Waals surface area contributed by atoms with Gasteiger partial charge in [0.25, 0.3) is 0 Å². The summed E-state index contributed by atoms with van der Waals surface area (Å²) in [5.74, 6) is 1.53. The van der Waals surface area contributed by atoms with Gasteiger partial charge in [-0.3, -0.25) is 18.6 Å². The van der Waals surface area contributed by atoms with Gasteiger partial charge in [0.05, 0.1) is 35.6 Å². The molecular formula is C17H30O8S8. The zero-order chi connectivity index (χ0) is 24.6. The molecule has 2 N–H and O–H groups in total. The molecule has 0 fully saturated rings. The van der Waals surface area contributed by atoms with Crippen molar-refractivity contribution in [3.63, 3.8) is 0 Å². The SMILES string of the molecule is O=C(CSCSCCS(=O)CSCSCSC(=O)CSCSCC(=O)OCCO)OCCO. The molecule has 1 atom stereocenters. The van der Waals surface area contributed by atoms with Gasteiger partial charge < -0.3 is 19.7 Å². The molecule has 0 saturated heterocycles. The van der Waals surface area contributed by atoms with Crippen LogP contribution in [-0.4, -0.2) is 112 Å². The molecule has 0 radical (unpaired) electrons. The molecule has 0 spiro atoms. The lowest BCUT2D eigenvalue weighted by atomic mass is 10.7. The number of ether oxygens (including phenoxy) is 2. The number of carbonyl (C=O) groups is 3.